The average molecular weight is 596 g/mol. The third kappa shape index (κ3) is 7.28. The van der Waals surface area contributed by atoms with Crippen molar-refractivity contribution in [3.63, 3.8) is 0 Å². The second kappa shape index (κ2) is 11.8. The van der Waals surface area contributed by atoms with Crippen molar-refractivity contribution in [1.82, 2.24) is 10.7 Å². The van der Waals surface area contributed by atoms with E-state index in [1.807, 2.05) is 12.1 Å². The highest BCUT2D eigenvalue weighted by Gasteiger charge is 2.12. The molecular weight excluding hydrogens is 580 g/mol. The normalized spacial score (nSPS) is 10.6. The van der Waals surface area contributed by atoms with Gasteiger partial charge in [-0.3, -0.25) is 9.59 Å². The minimum atomic E-state index is -0.511. The number of amides is 2. The molecule has 0 atom stereocenters. The number of nitrogens with zero attached hydrogens (tertiary/aromatic N) is 1. The first-order chi connectivity index (χ1) is 15.8. The highest BCUT2D eigenvalue weighted by atomic mass is 127. The number of hydrogen-bond donors (Lipinski definition) is 2. The lowest BCUT2D eigenvalue weighted by Crippen LogP contribution is -2.34. The largest absolute Gasteiger partial charge is 0.423 e. The number of benzene rings is 3. The van der Waals surface area contributed by atoms with Crippen LogP contribution >= 0.6 is 45.8 Å². The van der Waals surface area contributed by atoms with Gasteiger partial charge in [-0.1, -0.05) is 35.3 Å². The Hall–Kier alpha value is -2.95. The zero-order chi connectivity index (χ0) is 23.8. The summed E-state index contributed by atoms with van der Waals surface area (Å²) >= 11 is 13.8. The molecule has 3 rings (SSSR count). The molecule has 0 saturated heterocycles. The average Bonchev–Trinajstić information content (AvgIpc) is 2.80. The number of hydrazone groups is 1. The molecule has 7 nitrogen and oxygen atoms in total. The van der Waals surface area contributed by atoms with Crippen molar-refractivity contribution in [2.24, 2.45) is 5.10 Å². The summed E-state index contributed by atoms with van der Waals surface area (Å²) in [4.78, 5) is 36.2. The maximum absolute atomic E-state index is 12.3. The van der Waals surface area contributed by atoms with Gasteiger partial charge in [-0.15, -0.1) is 0 Å². The molecule has 3 aromatic carbocycles. The lowest BCUT2D eigenvalue weighted by molar-refractivity contribution is -0.120. The Kier molecular flexibility index (Phi) is 8.81. The Morgan fingerprint density at radius 3 is 2.39 bits per heavy atom. The van der Waals surface area contributed by atoms with E-state index in [4.69, 9.17) is 27.9 Å². The monoisotopic (exact) mass is 595 g/mol. The van der Waals surface area contributed by atoms with Gasteiger partial charge in [0.2, 0.25) is 0 Å². The summed E-state index contributed by atoms with van der Waals surface area (Å²) in [5.74, 6) is -1.05. The van der Waals surface area contributed by atoms with E-state index in [2.05, 4.69) is 38.4 Å². The van der Waals surface area contributed by atoms with Gasteiger partial charge in [0.25, 0.3) is 11.8 Å². The van der Waals surface area contributed by atoms with E-state index in [1.165, 1.54) is 24.4 Å². The van der Waals surface area contributed by atoms with Gasteiger partial charge in [-0.25, -0.2) is 10.2 Å². The van der Waals surface area contributed by atoms with Crippen molar-refractivity contribution < 1.29 is 19.1 Å². The van der Waals surface area contributed by atoms with E-state index in [9.17, 15) is 14.4 Å². The van der Waals surface area contributed by atoms with Crippen molar-refractivity contribution in [1.29, 1.82) is 0 Å². The molecule has 0 saturated carbocycles. The molecule has 0 fully saturated rings. The number of halogens is 3. The van der Waals surface area contributed by atoms with Crippen LogP contribution in [-0.2, 0) is 4.79 Å². The second-order valence-electron chi connectivity index (χ2n) is 6.54. The van der Waals surface area contributed by atoms with E-state index in [0.717, 1.165) is 3.57 Å². The Labute approximate surface area is 213 Å². The zero-order valence-corrected chi connectivity index (χ0v) is 20.5. The Bertz CT molecular complexity index is 1220. The van der Waals surface area contributed by atoms with E-state index in [1.54, 1.807) is 36.4 Å². The Balaban J connectivity index is 1.46. The summed E-state index contributed by atoms with van der Waals surface area (Å²) in [5.41, 5.74) is 3.75. The molecule has 10 heteroatoms. The molecule has 2 amide bonds. The third-order valence-electron chi connectivity index (χ3n) is 4.18. The molecule has 0 aliphatic carbocycles. The lowest BCUT2D eigenvalue weighted by atomic mass is 10.2. The third-order valence-corrected chi connectivity index (χ3v) is 5.86. The zero-order valence-electron chi connectivity index (χ0n) is 16.8. The van der Waals surface area contributed by atoms with Crippen molar-refractivity contribution in [2.45, 2.75) is 0 Å². The number of hydrogen-bond acceptors (Lipinski definition) is 5. The minimum Gasteiger partial charge on any atom is -0.423 e. The standard InChI is InChI=1S/C23H16Cl2IN3O4/c24-18-10-7-15(11-19(18)25)22(31)27-13-21(30)29-28-12-14-5-8-16(9-6-14)33-23(32)17-3-1-2-4-20(17)26/h1-12H,13H2,(H,27,31)(H,29,30)/b28-12-. The molecule has 0 bridgehead atoms. The maximum atomic E-state index is 12.3. The molecule has 0 unspecified atom stereocenters. The van der Waals surface area contributed by atoms with Gasteiger partial charge in [0, 0.05) is 9.13 Å². The lowest BCUT2D eigenvalue weighted by Gasteiger charge is -2.06. The number of esters is 1. The number of nitrogens with one attached hydrogen (secondary N) is 2. The molecule has 33 heavy (non-hydrogen) atoms. The fourth-order valence-electron chi connectivity index (χ4n) is 2.53. The van der Waals surface area contributed by atoms with Crippen molar-refractivity contribution in [3.05, 3.63) is 97.0 Å². The van der Waals surface area contributed by atoms with Gasteiger partial charge in [0.1, 0.15) is 5.75 Å². The quantitative estimate of drug-likeness (QED) is 0.136. The van der Waals surface area contributed by atoms with Crippen molar-refractivity contribution in [2.75, 3.05) is 6.54 Å². The minimum absolute atomic E-state index is 0.244. The van der Waals surface area contributed by atoms with Crippen LogP contribution in [0, 0.1) is 3.57 Å². The smallest absolute Gasteiger partial charge is 0.344 e. The molecule has 0 heterocycles. The van der Waals surface area contributed by atoms with Gasteiger partial charge in [0.05, 0.1) is 28.4 Å². The van der Waals surface area contributed by atoms with Crippen LogP contribution in [0.15, 0.2) is 71.8 Å². The number of carbonyl (C=O) groups is 3. The summed E-state index contributed by atoms with van der Waals surface area (Å²) in [6, 6.07) is 18.1. The topological polar surface area (TPSA) is 96.9 Å². The fraction of sp³-hybridized carbons (Fsp3) is 0.0435. The highest BCUT2D eigenvalue weighted by molar-refractivity contribution is 14.1. The van der Waals surface area contributed by atoms with Crippen molar-refractivity contribution in [3.8, 4) is 5.75 Å². The van der Waals surface area contributed by atoms with Gasteiger partial charge in [0.15, 0.2) is 0 Å². The number of rotatable bonds is 7. The number of ether oxygens (including phenoxy) is 1. The summed E-state index contributed by atoms with van der Waals surface area (Å²) < 4.78 is 6.17. The van der Waals surface area contributed by atoms with Crippen LogP contribution in [0.2, 0.25) is 10.0 Å². The summed E-state index contributed by atoms with van der Waals surface area (Å²) in [6.45, 7) is -0.274. The van der Waals surface area contributed by atoms with Gasteiger partial charge in [-0.2, -0.15) is 5.10 Å². The van der Waals surface area contributed by atoms with E-state index >= 15 is 0 Å². The van der Waals surface area contributed by atoms with Crippen LogP contribution in [0.4, 0.5) is 0 Å². The summed E-state index contributed by atoms with van der Waals surface area (Å²) in [5, 5.41) is 6.88. The van der Waals surface area contributed by atoms with E-state index < -0.39 is 17.8 Å². The SMILES string of the molecule is O=C(CNC(=O)c1ccc(Cl)c(Cl)c1)N/N=C\c1ccc(OC(=O)c2ccccc2I)cc1. The van der Waals surface area contributed by atoms with Gasteiger partial charge >= 0.3 is 5.97 Å². The first-order valence-electron chi connectivity index (χ1n) is 9.45. The predicted molar refractivity (Wildman–Crippen MR) is 135 cm³/mol. The second-order valence-corrected chi connectivity index (χ2v) is 8.52. The molecule has 2 N–H and O–H groups in total. The molecule has 0 spiro atoms. The maximum Gasteiger partial charge on any atom is 0.344 e. The van der Waals surface area contributed by atoms with Crippen LogP contribution in [0.1, 0.15) is 26.3 Å². The van der Waals surface area contributed by atoms with E-state index in [0.29, 0.717) is 21.9 Å². The first-order valence-corrected chi connectivity index (χ1v) is 11.3. The summed E-state index contributed by atoms with van der Waals surface area (Å²) in [7, 11) is 0. The van der Waals surface area contributed by atoms with E-state index in [-0.39, 0.29) is 17.1 Å². The Morgan fingerprint density at radius 2 is 1.70 bits per heavy atom. The first kappa shape index (κ1) is 24.7. The summed E-state index contributed by atoms with van der Waals surface area (Å²) in [6.07, 6.45) is 1.42. The van der Waals surface area contributed by atoms with Crippen LogP contribution < -0.4 is 15.5 Å². The molecule has 3 aromatic rings. The molecule has 0 aliphatic rings. The molecule has 168 valence electrons. The van der Waals surface area contributed by atoms with Crippen LogP contribution in [0.3, 0.4) is 0 Å². The molecular formula is C23H16Cl2IN3O4. The number of carbonyl (C=O) groups excluding carboxylic acids is 3. The Morgan fingerprint density at radius 1 is 0.970 bits per heavy atom. The molecule has 0 aromatic heterocycles. The highest BCUT2D eigenvalue weighted by Crippen LogP contribution is 2.22. The van der Waals surface area contributed by atoms with Crippen LogP contribution in [-0.4, -0.2) is 30.5 Å². The van der Waals surface area contributed by atoms with Gasteiger partial charge < -0.3 is 10.1 Å². The molecule has 0 aliphatic heterocycles. The fourth-order valence-corrected chi connectivity index (χ4v) is 3.43. The van der Waals surface area contributed by atoms with Crippen LogP contribution in [0.5, 0.6) is 5.75 Å². The predicted octanol–water partition coefficient (Wildman–Crippen LogP) is 4.70. The van der Waals surface area contributed by atoms with Crippen molar-refractivity contribution >= 4 is 69.8 Å². The van der Waals surface area contributed by atoms with Crippen LogP contribution in [0.25, 0.3) is 0 Å². The van der Waals surface area contributed by atoms with Gasteiger partial charge in [-0.05, 0) is 82.8 Å². The molecule has 0 radical (unpaired) electrons.